The van der Waals surface area contributed by atoms with Crippen molar-refractivity contribution in [3.63, 3.8) is 0 Å². The van der Waals surface area contributed by atoms with E-state index in [0.717, 1.165) is 17.4 Å². The second kappa shape index (κ2) is 7.07. The predicted molar refractivity (Wildman–Crippen MR) is 104 cm³/mol. The SMILES string of the molecule is CC[C@H](C(=O)NC1CC1)n1c(=O)n(-c2ccc(F)cc2)c(=O)c2ccccc21. The summed E-state index contributed by atoms with van der Waals surface area (Å²) in [4.78, 5) is 39.1. The lowest BCUT2D eigenvalue weighted by atomic mass is 10.1. The van der Waals surface area contributed by atoms with E-state index in [1.54, 1.807) is 24.3 Å². The van der Waals surface area contributed by atoms with Crippen LogP contribution in [0, 0.1) is 5.82 Å². The Labute approximate surface area is 160 Å². The smallest absolute Gasteiger partial charge is 0.336 e. The highest BCUT2D eigenvalue weighted by atomic mass is 19.1. The number of aromatic nitrogens is 2. The molecule has 0 unspecified atom stereocenters. The number of nitrogens with one attached hydrogen (secondary N) is 1. The number of amides is 1. The van der Waals surface area contributed by atoms with Crippen LogP contribution in [0.5, 0.6) is 0 Å². The zero-order chi connectivity index (χ0) is 19.8. The van der Waals surface area contributed by atoms with Gasteiger partial charge in [0.25, 0.3) is 5.56 Å². The van der Waals surface area contributed by atoms with E-state index in [4.69, 9.17) is 0 Å². The summed E-state index contributed by atoms with van der Waals surface area (Å²) >= 11 is 0. The minimum absolute atomic E-state index is 0.159. The summed E-state index contributed by atoms with van der Waals surface area (Å²) in [6.45, 7) is 1.83. The predicted octanol–water partition coefficient (Wildman–Crippen LogP) is 2.52. The van der Waals surface area contributed by atoms with Crippen molar-refractivity contribution in [2.75, 3.05) is 0 Å². The molecule has 1 aliphatic rings. The van der Waals surface area contributed by atoms with Gasteiger partial charge in [0.15, 0.2) is 0 Å². The van der Waals surface area contributed by atoms with Gasteiger partial charge in [-0.1, -0.05) is 19.1 Å². The zero-order valence-electron chi connectivity index (χ0n) is 15.4. The van der Waals surface area contributed by atoms with Crippen molar-refractivity contribution in [3.05, 3.63) is 75.2 Å². The van der Waals surface area contributed by atoms with Crippen molar-refractivity contribution in [1.29, 1.82) is 0 Å². The summed E-state index contributed by atoms with van der Waals surface area (Å²) in [5.74, 6) is -0.699. The molecule has 1 N–H and O–H groups in total. The lowest BCUT2D eigenvalue weighted by Gasteiger charge is -2.21. The van der Waals surface area contributed by atoms with E-state index >= 15 is 0 Å². The van der Waals surface area contributed by atoms with E-state index < -0.39 is 23.1 Å². The first-order valence-corrected chi connectivity index (χ1v) is 9.34. The third-order valence-electron chi connectivity index (χ3n) is 5.00. The molecule has 144 valence electrons. The number of carbonyl (C=O) groups is 1. The highest BCUT2D eigenvalue weighted by Crippen LogP contribution is 2.22. The average Bonchev–Trinajstić information content (AvgIpc) is 3.50. The summed E-state index contributed by atoms with van der Waals surface area (Å²) in [5, 5.41) is 3.26. The first kappa shape index (κ1) is 18.2. The third kappa shape index (κ3) is 3.13. The number of para-hydroxylation sites is 1. The van der Waals surface area contributed by atoms with Crippen LogP contribution in [-0.2, 0) is 4.79 Å². The molecule has 7 heteroatoms. The maximum Gasteiger partial charge on any atom is 0.336 e. The zero-order valence-corrected chi connectivity index (χ0v) is 15.4. The molecule has 1 fully saturated rings. The summed E-state index contributed by atoms with van der Waals surface area (Å²) in [5.41, 5.74) is -0.448. The van der Waals surface area contributed by atoms with E-state index in [1.807, 2.05) is 6.92 Å². The van der Waals surface area contributed by atoms with Crippen molar-refractivity contribution < 1.29 is 9.18 Å². The molecule has 1 aromatic heterocycles. The van der Waals surface area contributed by atoms with Crippen molar-refractivity contribution in [2.24, 2.45) is 0 Å². The van der Waals surface area contributed by atoms with Gasteiger partial charge in [-0.25, -0.2) is 13.8 Å². The normalized spacial score (nSPS) is 14.8. The van der Waals surface area contributed by atoms with Crippen molar-refractivity contribution in [2.45, 2.75) is 38.3 Å². The molecular weight excluding hydrogens is 361 g/mol. The second-order valence-electron chi connectivity index (χ2n) is 6.99. The van der Waals surface area contributed by atoms with Gasteiger partial charge in [-0.2, -0.15) is 0 Å². The molecule has 0 radical (unpaired) electrons. The quantitative estimate of drug-likeness (QED) is 0.738. The minimum Gasteiger partial charge on any atom is -0.352 e. The fourth-order valence-electron chi connectivity index (χ4n) is 3.41. The summed E-state index contributed by atoms with van der Waals surface area (Å²) in [6.07, 6.45) is 2.27. The first-order chi connectivity index (χ1) is 13.5. The second-order valence-corrected chi connectivity index (χ2v) is 6.99. The fraction of sp³-hybridized carbons (Fsp3) is 0.286. The molecule has 0 bridgehead atoms. The van der Waals surface area contributed by atoms with E-state index in [-0.39, 0.29) is 17.6 Å². The molecule has 6 nitrogen and oxygen atoms in total. The van der Waals surface area contributed by atoms with Gasteiger partial charge in [-0.05, 0) is 55.7 Å². The van der Waals surface area contributed by atoms with Crippen LogP contribution in [0.3, 0.4) is 0 Å². The largest absolute Gasteiger partial charge is 0.352 e. The fourth-order valence-corrected chi connectivity index (χ4v) is 3.41. The third-order valence-corrected chi connectivity index (χ3v) is 5.00. The van der Waals surface area contributed by atoms with Gasteiger partial charge in [-0.15, -0.1) is 0 Å². The maximum absolute atomic E-state index is 13.3. The number of carbonyl (C=O) groups excluding carboxylic acids is 1. The van der Waals surface area contributed by atoms with Crippen LogP contribution >= 0.6 is 0 Å². The summed E-state index contributed by atoms with van der Waals surface area (Å²) in [6, 6.07) is 11.3. The first-order valence-electron chi connectivity index (χ1n) is 9.34. The number of hydrogen-bond donors (Lipinski definition) is 1. The molecule has 0 saturated heterocycles. The molecule has 2 aromatic carbocycles. The van der Waals surface area contributed by atoms with Gasteiger partial charge in [0.1, 0.15) is 11.9 Å². The summed E-state index contributed by atoms with van der Waals surface area (Å²) in [7, 11) is 0. The van der Waals surface area contributed by atoms with E-state index in [0.29, 0.717) is 17.3 Å². The Balaban J connectivity index is 1.99. The number of fused-ring (bicyclic) bond motifs is 1. The number of benzene rings is 2. The molecule has 1 atom stereocenters. The monoisotopic (exact) mass is 381 g/mol. The Bertz CT molecular complexity index is 1160. The number of rotatable bonds is 5. The Morgan fingerprint density at radius 3 is 2.46 bits per heavy atom. The van der Waals surface area contributed by atoms with Crippen LogP contribution in [0.2, 0.25) is 0 Å². The molecule has 1 amide bonds. The molecule has 1 aliphatic carbocycles. The number of halogens is 1. The molecule has 1 saturated carbocycles. The van der Waals surface area contributed by atoms with Crippen molar-refractivity contribution >= 4 is 16.8 Å². The average molecular weight is 381 g/mol. The summed E-state index contributed by atoms with van der Waals surface area (Å²) < 4.78 is 15.7. The molecule has 28 heavy (non-hydrogen) atoms. The van der Waals surface area contributed by atoms with Gasteiger partial charge in [0, 0.05) is 6.04 Å². The van der Waals surface area contributed by atoms with Gasteiger partial charge in [-0.3, -0.25) is 14.2 Å². The molecule has 3 aromatic rings. The van der Waals surface area contributed by atoms with Gasteiger partial charge in [0.05, 0.1) is 16.6 Å². The van der Waals surface area contributed by atoms with Crippen LogP contribution in [-0.4, -0.2) is 21.1 Å². The van der Waals surface area contributed by atoms with Gasteiger partial charge < -0.3 is 5.32 Å². The molecule has 4 rings (SSSR count). The minimum atomic E-state index is -0.745. The van der Waals surface area contributed by atoms with Crippen LogP contribution < -0.4 is 16.6 Å². The Kier molecular flexibility index (Phi) is 4.58. The van der Waals surface area contributed by atoms with Crippen LogP contribution in [0.4, 0.5) is 4.39 Å². The Hall–Kier alpha value is -3.22. The Morgan fingerprint density at radius 1 is 1.14 bits per heavy atom. The van der Waals surface area contributed by atoms with Crippen molar-refractivity contribution in [3.8, 4) is 5.69 Å². The van der Waals surface area contributed by atoms with E-state index in [9.17, 15) is 18.8 Å². The van der Waals surface area contributed by atoms with Crippen LogP contribution in [0.15, 0.2) is 58.1 Å². The lowest BCUT2D eigenvalue weighted by molar-refractivity contribution is -0.124. The lowest BCUT2D eigenvalue weighted by Crippen LogP contribution is -2.44. The molecular formula is C21H20FN3O3. The topological polar surface area (TPSA) is 73.1 Å². The van der Waals surface area contributed by atoms with Gasteiger partial charge in [0.2, 0.25) is 5.91 Å². The van der Waals surface area contributed by atoms with Crippen LogP contribution in [0.25, 0.3) is 16.6 Å². The van der Waals surface area contributed by atoms with Crippen LogP contribution in [0.1, 0.15) is 32.2 Å². The maximum atomic E-state index is 13.3. The molecule has 0 spiro atoms. The highest BCUT2D eigenvalue weighted by molar-refractivity contribution is 5.85. The number of hydrogen-bond acceptors (Lipinski definition) is 3. The molecule has 1 heterocycles. The number of nitrogens with zero attached hydrogens (tertiary/aromatic N) is 2. The standard InChI is InChI=1S/C21H20FN3O3/c1-2-17(19(26)23-14-9-10-14)25-18-6-4-3-5-16(18)20(27)24(21(25)28)15-11-7-13(22)8-12-15/h3-8,11-12,14,17H,2,9-10H2,1H3,(H,23,26)/t17-/m1/s1. The van der Waals surface area contributed by atoms with Gasteiger partial charge >= 0.3 is 5.69 Å². The van der Waals surface area contributed by atoms with E-state index in [2.05, 4.69) is 5.32 Å². The molecule has 0 aliphatic heterocycles. The van der Waals surface area contributed by atoms with Crippen molar-refractivity contribution in [1.82, 2.24) is 14.5 Å². The highest BCUT2D eigenvalue weighted by Gasteiger charge is 2.30. The van der Waals surface area contributed by atoms with E-state index in [1.165, 1.54) is 28.8 Å². The Morgan fingerprint density at radius 2 is 1.82 bits per heavy atom.